The van der Waals surface area contributed by atoms with E-state index in [1.165, 1.54) is 12.1 Å². The van der Waals surface area contributed by atoms with Gasteiger partial charge < -0.3 is 11.1 Å². The van der Waals surface area contributed by atoms with Gasteiger partial charge in [-0.25, -0.2) is 13.2 Å². The molecule has 2 rings (SSSR count). The molecule has 0 aliphatic carbocycles. The lowest BCUT2D eigenvalue weighted by Gasteiger charge is -2.08. The smallest absolute Gasteiger partial charge is 0.255 e. The monoisotopic (exact) mass is 280 g/mol. The normalized spacial score (nSPS) is 10.4. The molecule has 0 aromatic heterocycles. The van der Waals surface area contributed by atoms with Crippen molar-refractivity contribution in [1.29, 1.82) is 0 Å². The van der Waals surface area contributed by atoms with Crippen LogP contribution < -0.4 is 11.1 Å². The van der Waals surface area contributed by atoms with Crippen molar-refractivity contribution in [3.8, 4) is 0 Å². The molecule has 0 atom stereocenters. The summed E-state index contributed by atoms with van der Waals surface area (Å²) in [4.78, 5) is 11.9. The fourth-order valence-corrected chi connectivity index (χ4v) is 1.68. The van der Waals surface area contributed by atoms with Crippen molar-refractivity contribution in [1.82, 2.24) is 0 Å². The second-order valence-corrected chi connectivity index (χ2v) is 4.11. The largest absolute Gasteiger partial charge is 0.326 e. The molecule has 2 aromatic rings. The van der Waals surface area contributed by atoms with Gasteiger partial charge in [0.25, 0.3) is 5.91 Å². The van der Waals surface area contributed by atoms with Crippen LogP contribution in [0.25, 0.3) is 0 Å². The molecule has 3 N–H and O–H groups in total. The van der Waals surface area contributed by atoms with E-state index in [1.807, 2.05) is 0 Å². The number of halogens is 3. The predicted octanol–water partition coefficient (Wildman–Crippen LogP) is 2.81. The van der Waals surface area contributed by atoms with Crippen molar-refractivity contribution in [3.63, 3.8) is 0 Å². The third-order valence-electron chi connectivity index (χ3n) is 2.67. The van der Waals surface area contributed by atoms with Crippen molar-refractivity contribution >= 4 is 11.6 Å². The third-order valence-corrected chi connectivity index (χ3v) is 2.67. The number of carbonyl (C=O) groups is 1. The number of carbonyl (C=O) groups excluding carboxylic acids is 1. The summed E-state index contributed by atoms with van der Waals surface area (Å²) in [6.07, 6.45) is 0. The minimum absolute atomic E-state index is 0.219. The van der Waals surface area contributed by atoms with Crippen LogP contribution in [0, 0.1) is 17.5 Å². The lowest BCUT2D eigenvalue weighted by Crippen LogP contribution is -2.14. The second kappa shape index (κ2) is 5.75. The zero-order chi connectivity index (χ0) is 14.7. The first kappa shape index (κ1) is 14.1. The highest BCUT2D eigenvalue weighted by Gasteiger charge is 2.14. The van der Waals surface area contributed by atoms with Crippen LogP contribution in [-0.4, -0.2) is 5.91 Å². The maximum absolute atomic E-state index is 13.4. The standard InChI is InChI=1S/C14H11F3N2O/c15-10-5-11(16)13(17)12(6-10)19-14(20)9-3-1-2-8(4-9)7-18/h1-6H,7,18H2,(H,19,20). The summed E-state index contributed by atoms with van der Waals surface area (Å²) in [5.41, 5.74) is 5.83. The molecule has 0 spiro atoms. The van der Waals surface area contributed by atoms with Crippen LogP contribution in [0.2, 0.25) is 0 Å². The maximum atomic E-state index is 13.4. The molecule has 1 amide bonds. The van der Waals surface area contributed by atoms with Gasteiger partial charge in [0, 0.05) is 24.2 Å². The molecule has 0 radical (unpaired) electrons. The van der Waals surface area contributed by atoms with E-state index in [0.717, 1.165) is 0 Å². The summed E-state index contributed by atoms with van der Waals surface area (Å²) in [6, 6.07) is 7.45. The molecule has 0 unspecified atom stereocenters. The van der Waals surface area contributed by atoms with Crippen LogP contribution in [0.3, 0.4) is 0 Å². The molecule has 104 valence electrons. The van der Waals surface area contributed by atoms with E-state index in [0.29, 0.717) is 17.7 Å². The first-order valence-corrected chi connectivity index (χ1v) is 5.76. The Kier molecular flexibility index (Phi) is 4.05. The number of hydrogen-bond acceptors (Lipinski definition) is 2. The maximum Gasteiger partial charge on any atom is 0.255 e. The summed E-state index contributed by atoms with van der Waals surface area (Å²) >= 11 is 0. The molecule has 0 saturated carbocycles. The first-order chi connectivity index (χ1) is 9.51. The SMILES string of the molecule is NCc1cccc(C(=O)Nc2cc(F)cc(F)c2F)c1. The highest BCUT2D eigenvalue weighted by molar-refractivity contribution is 6.04. The van der Waals surface area contributed by atoms with Gasteiger partial charge in [0.05, 0.1) is 5.69 Å². The van der Waals surface area contributed by atoms with Gasteiger partial charge in [-0.1, -0.05) is 12.1 Å². The number of anilines is 1. The average molecular weight is 280 g/mol. The van der Waals surface area contributed by atoms with Crippen LogP contribution in [0.5, 0.6) is 0 Å². The first-order valence-electron chi connectivity index (χ1n) is 5.76. The zero-order valence-corrected chi connectivity index (χ0v) is 10.3. The molecule has 0 bridgehead atoms. The molecule has 0 fully saturated rings. The van der Waals surface area contributed by atoms with E-state index >= 15 is 0 Å². The topological polar surface area (TPSA) is 55.1 Å². The zero-order valence-electron chi connectivity index (χ0n) is 10.3. The van der Waals surface area contributed by atoms with Crippen LogP contribution >= 0.6 is 0 Å². The number of nitrogens with one attached hydrogen (secondary N) is 1. The van der Waals surface area contributed by atoms with E-state index in [9.17, 15) is 18.0 Å². The van der Waals surface area contributed by atoms with Crippen LogP contribution in [0.4, 0.5) is 18.9 Å². The lowest BCUT2D eigenvalue weighted by molar-refractivity contribution is 0.102. The van der Waals surface area contributed by atoms with E-state index in [4.69, 9.17) is 5.73 Å². The number of nitrogens with two attached hydrogens (primary N) is 1. The van der Waals surface area contributed by atoms with Gasteiger partial charge in [-0.3, -0.25) is 4.79 Å². The van der Waals surface area contributed by atoms with Gasteiger partial charge in [-0.05, 0) is 17.7 Å². The highest BCUT2D eigenvalue weighted by atomic mass is 19.2. The third kappa shape index (κ3) is 2.97. The summed E-state index contributed by atoms with van der Waals surface area (Å²) in [6.45, 7) is 0.240. The molecule has 6 heteroatoms. The minimum atomic E-state index is -1.36. The van der Waals surface area contributed by atoms with Gasteiger partial charge in [0.1, 0.15) is 5.82 Å². The summed E-state index contributed by atoms with van der Waals surface area (Å²) in [7, 11) is 0. The van der Waals surface area contributed by atoms with E-state index in [2.05, 4.69) is 5.32 Å². The van der Waals surface area contributed by atoms with Gasteiger partial charge in [0.15, 0.2) is 11.6 Å². The molecule has 20 heavy (non-hydrogen) atoms. The summed E-state index contributed by atoms with van der Waals surface area (Å²) in [5.74, 6) is -4.33. The summed E-state index contributed by atoms with van der Waals surface area (Å²) in [5, 5.41) is 2.12. The molecule has 3 nitrogen and oxygen atoms in total. The van der Waals surface area contributed by atoms with Crippen molar-refractivity contribution in [2.75, 3.05) is 5.32 Å². The van der Waals surface area contributed by atoms with E-state index in [1.54, 1.807) is 12.1 Å². The van der Waals surface area contributed by atoms with Crippen molar-refractivity contribution < 1.29 is 18.0 Å². The van der Waals surface area contributed by atoms with E-state index < -0.39 is 29.0 Å². The van der Waals surface area contributed by atoms with Gasteiger partial charge in [0.2, 0.25) is 0 Å². The summed E-state index contributed by atoms with van der Waals surface area (Å²) < 4.78 is 39.5. The van der Waals surface area contributed by atoms with Crippen LogP contribution in [-0.2, 0) is 6.54 Å². The Morgan fingerprint density at radius 1 is 1.15 bits per heavy atom. The Labute approximate surface area is 113 Å². The van der Waals surface area contributed by atoms with E-state index in [-0.39, 0.29) is 12.1 Å². The van der Waals surface area contributed by atoms with Crippen LogP contribution in [0.15, 0.2) is 36.4 Å². The Morgan fingerprint density at radius 2 is 1.90 bits per heavy atom. The molecular weight excluding hydrogens is 269 g/mol. The molecule has 0 aliphatic heterocycles. The minimum Gasteiger partial charge on any atom is -0.326 e. The number of benzene rings is 2. The van der Waals surface area contributed by atoms with Gasteiger partial charge in [-0.2, -0.15) is 0 Å². The van der Waals surface area contributed by atoms with Gasteiger partial charge in [-0.15, -0.1) is 0 Å². The highest BCUT2D eigenvalue weighted by Crippen LogP contribution is 2.20. The molecular formula is C14H11F3N2O. The van der Waals surface area contributed by atoms with Gasteiger partial charge >= 0.3 is 0 Å². The Morgan fingerprint density at radius 3 is 2.60 bits per heavy atom. The quantitative estimate of drug-likeness (QED) is 0.849. The van der Waals surface area contributed by atoms with Crippen LogP contribution in [0.1, 0.15) is 15.9 Å². The van der Waals surface area contributed by atoms with Crippen molar-refractivity contribution in [3.05, 3.63) is 65.0 Å². The number of hydrogen-bond donors (Lipinski definition) is 2. The fraction of sp³-hybridized carbons (Fsp3) is 0.0714. The molecule has 2 aromatic carbocycles. The predicted molar refractivity (Wildman–Crippen MR) is 68.6 cm³/mol. The molecule has 0 saturated heterocycles. The van der Waals surface area contributed by atoms with Crippen molar-refractivity contribution in [2.24, 2.45) is 5.73 Å². The average Bonchev–Trinajstić information content (AvgIpc) is 2.44. The molecule has 0 heterocycles. The Bertz CT molecular complexity index is 659. The Hall–Kier alpha value is -2.34. The fourth-order valence-electron chi connectivity index (χ4n) is 1.68. The number of rotatable bonds is 3. The van der Waals surface area contributed by atoms with Crippen molar-refractivity contribution in [2.45, 2.75) is 6.54 Å². The Balaban J connectivity index is 2.27. The molecule has 0 aliphatic rings. The second-order valence-electron chi connectivity index (χ2n) is 4.11. The lowest BCUT2D eigenvalue weighted by atomic mass is 10.1. The number of amides is 1.